The van der Waals surface area contributed by atoms with Crippen molar-refractivity contribution in [2.24, 2.45) is 0 Å². The quantitative estimate of drug-likeness (QED) is 0.797. The van der Waals surface area contributed by atoms with E-state index in [1.165, 1.54) is 5.56 Å². The van der Waals surface area contributed by atoms with E-state index in [1.54, 1.807) is 0 Å². The van der Waals surface area contributed by atoms with Gasteiger partial charge in [0.15, 0.2) is 0 Å². The number of rotatable bonds is 3. The molecule has 1 aromatic rings. The zero-order chi connectivity index (χ0) is 14.8. The van der Waals surface area contributed by atoms with Crippen LogP contribution >= 0.6 is 12.4 Å². The van der Waals surface area contributed by atoms with Crippen molar-refractivity contribution in [2.45, 2.75) is 51.3 Å². The molecule has 1 aliphatic rings. The summed E-state index contributed by atoms with van der Waals surface area (Å²) in [5.41, 5.74) is 2.52. The third kappa shape index (κ3) is 4.99. The topological polar surface area (TPSA) is 61.4 Å². The number of nitrogens with one attached hydrogen (secondary N) is 2. The maximum absolute atomic E-state index is 11.9. The highest BCUT2D eigenvalue weighted by molar-refractivity contribution is 5.85. The molecule has 4 nitrogen and oxygen atoms in total. The van der Waals surface area contributed by atoms with Gasteiger partial charge in [-0.1, -0.05) is 45.0 Å². The van der Waals surface area contributed by atoms with Crippen LogP contribution in [0, 0.1) is 0 Å². The van der Waals surface area contributed by atoms with E-state index in [0.29, 0.717) is 19.5 Å². The summed E-state index contributed by atoms with van der Waals surface area (Å²) in [5.74, 6) is -0.0403. The molecule has 2 unspecified atom stereocenters. The van der Waals surface area contributed by atoms with Crippen molar-refractivity contribution < 1.29 is 9.90 Å². The molecular formula is C16H25ClN2O2. The molecule has 1 aliphatic heterocycles. The standard InChI is InChI=1S/C16H24N2O2.ClH/c1-16(2,3)12-6-4-11(5-7-12)9-18-15(20)14-8-13(19)10-17-14;/h4-7,13-14,17,19H,8-10H2,1-3H3,(H,18,20);1H. The first-order valence-electron chi connectivity index (χ1n) is 7.15. The lowest BCUT2D eigenvalue weighted by atomic mass is 9.87. The molecule has 1 amide bonds. The molecule has 0 spiro atoms. The largest absolute Gasteiger partial charge is 0.392 e. The van der Waals surface area contributed by atoms with Crippen LogP contribution in [0.4, 0.5) is 0 Å². The van der Waals surface area contributed by atoms with E-state index in [9.17, 15) is 9.90 Å². The minimum atomic E-state index is -0.406. The molecular weight excluding hydrogens is 288 g/mol. The highest BCUT2D eigenvalue weighted by Gasteiger charge is 2.27. The summed E-state index contributed by atoms with van der Waals surface area (Å²) in [6, 6.07) is 8.06. The smallest absolute Gasteiger partial charge is 0.237 e. The van der Waals surface area contributed by atoms with Gasteiger partial charge in [0.05, 0.1) is 12.1 Å². The molecule has 1 heterocycles. The molecule has 2 atom stereocenters. The third-order valence-electron chi connectivity index (χ3n) is 3.71. The zero-order valence-electron chi connectivity index (χ0n) is 12.8. The van der Waals surface area contributed by atoms with Gasteiger partial charge in [-0.05, 0) is 23.0 Å². The summed E-state index contributed by atoms with van der Waals surface area (Å²) in [5, 5.41) is 15.3. The fraction of sp³-hybridized carbons (Fsp3) is 0.562. The van der Waals surface area contributed by atoms with Gasteiger partial charge >= 0.3 is 0 Å². The van der Waals surface area contributed by atoms with Crippen molar-refractivity contribution in [3.8, 4) is 0 Å². The number of β-amino-alcohol motifs (C(OH)–C–C–N with tert-alkyl or cyclic N) is 1. The lowest BCUT2D eigenvalue weighted by Gasteiger charge is -2.19. The molecule has 0 bridgehead atoms. The Balaban J connectivity index is 0.00000220. The van der Waals surface area contributed by atoms with Crippen LogP contribution < -0.4 is 10.6 Å². The molecule has 0 radical (unpaired) electrons. The van der Waals surface area contributed by atoms with Gasteiger partial charge in [0, 0.05) is 13.1 Å². The minimum absolute atomic E-state index is 0. The molecule has 5 heteroatoms. The van der Waals surface area contributed by atoms with Crippen LogP contribution in [0.15, 0.2) is 24.3 Å². The van der Waals surface area contributed by atoms with Crippen molar-refractivity contribution in [1.29, 1.82) is 0 Å². The molecule has 3 N–H and O–H groups in total. The summed E-state index contributed by atoms with van der Waals surface area (Å²) in [4.78, 5) is 11.9. The Morgan fingerprint density at radius 1 is 1.33 bits per heavy atom. The van der Waals surface area contributed by atoms with E-state index in [2.05, 4.69) is 55.7 Å². The Kier molecular flexibility index (Phi) is 6.20. The molecule has 0 aliphatic carbocycles. The second-order valence-corrected chi connectivity index (χ2v) is 6.52. The summed E-state index contributed by atoms with van der Waals surface area (Å²) >= 11 is 0. The lowest BCUT2D eigenvalue weighted by Crippen LogP contribution is -2.40. The van der Waals surface area contributed by atoms with Gasteiger partial charge < -0.3 is 15.7 Å². The molecule has 118 valence electrons. The molecule has 0 saturated carbocycles. The number of aliphatic hydroxyl groups is 1. The first-order valence-corrected chi connectivity index (χ1v) is 7.15. The van der Waals surface area contributed by atoms with E-state index in [1.807, 2.05) is 0 Å². The van der Waals surface area contributed by atoms with Crippen LogP contribution in [0.1, 0.15) is 38.3 Å². The van der Waals surface area contributed by atoms with Crippen LogP contribution in [0.5, 0.6) is 0 Å². The number of halogens is 1. The van der Waals surface area contributed by atoms with Crippen molar-refractivity contribution in [3.05, 3.63) is 35.4 Å². The summed E-state index contributed by atoms with van der Waals surface area (Å²) in [6.45, 7) is 7.57. The summed E-state index contributed by atoms with van der Waals surface area (Å²) in [6.07, 6.45) is 0.0891. The minimum Gasteiger partial charge on any atom is -0.392 e. The van der Waals surface area contributed by atoms with E-state index in [4.69, 9.17) is 0 Å². The predicted octanol–water partition coefficient (Wildman–Crippen LogP) is 1.74. The Morgan fingerprint density at radius 2 is 1.95 bits per heavy atom. The number of benzene rings is 1. The van der Waals surface area contributed by atoms with Gasteiger partial charge in [0.25, 0.3) is 0 Å². The van der Waals surface area contributed by atoms with E-state index >= 15 is 0 Å². The molecule has 1 fully saturated rings. The van der Waals surface area contributed by atoms with E-state index < -0.39 is 6.10 Å². The number of amides is 1. The maximum Gasteiger partial charge on any atom is 0.237 e. The molecule has 1 saturated heterocycles. The lowest BCUT2D eigenvalue weighted by molar-refractivity contribution is -0.123. The van der Waals surface area contributed by atoms with Gasteiger partial charge in [-0.15, -0.1) is 12.4 Å². The van der Waals surface area contributed by atoms with E-state index in [-0.39, 0.29) is 29.8 Å². The van der Waals surface area contributed by atoms with Crippen LogP contribution in [0.3, 0.4) is 0 Å². The van der Waals surface area contributed by atoms with Crippen LogP contribution in [0.2, 0.25) is 0 Å². The van der Waals surface area contributed by atoms with Crippen molar-refractivity contribution >= 4 is 18.3 Å². The summed E-state index contributed by atoms with van der Waals surface area (Å²) in [7, 11) is 0. The number of aliphatic hydroxyl groups excluding tert-OH is 1. The third-order valence-corrected chi connectivity index (χ3v) is 3.71. The van der Waals surface area contributed by atoms with Gasteiger partial charge in [0.1, 0.15) is 0 Å². The fourth-order valence-corrected chi connectivity index (χ4v) is 2.35. The Bertz CT molecular complexity index is 468. The van der Waals surface area contributed by atoms with Crippen molar-refractivity contribution in [2.75, 3.05) is 6.54 Å². The molecule has 21 heavy (non-hydrogen) atoms. The highest BCUT2D eigenvalue weighted by atomic mass is 35.5. The maximum atomic E-state index is 11.9. The van der Waals surface area contributed by atoms with Crippen LogP contribution in [0.25, 0.3) is 0 Å². The number of hydrogen-bond acceptors (Lipinski definition) is 3. The normalized spacial score (nSPS) is 21.7. The second-order valence-electron chi connectivity index (χ2n) is 6.52. The fourth-order valence-electron chi connectivity index (χ4n) is 2.35. The Hall–Kier alpha value is -1.10. The van der Waals surface area contributed by atoms with Crippen molar-refractivity contribution in [1.82, 2.24) is 10.6 Å². The first kappa shape index (κ1) is 18.0. The van der Waals surface area contributed by atoms with Gasteiger partial charge in [-0.3, -0.25) is 4.79 Å². The monoisotopic (exact) mass is 312 g/mol. The SMILES string of the molecule is CC(C)(C)c1ccc(CNC(=O)C2CC(O)CN2)cc1.Cl. The van der Waals surface area contributed by atoms with Gasteiger partial charge in [-0.25, -0.2) is 0 Å². The summed E-state index contributed by atoms with van der Waals surface area (Å²) < 4.78 is 0. The molecule has 1 aromatic carbocycles. The zero-order valence-corrected chi connectivity index (χ0v) is 13.7. The second kappa shape index (κ2) is 7.25. The average molecular weight is 313 g/mol. The Labute approximate surface area is 132 Å². The van der Waals surface area contributed by atoms with Gasteiger partial charge in [-0.2, -0.15) is 0 Å². The molecule has 2 rings (SSSR count). The average Bonchev–Trinajstić information content (AvgIpc) is 2.82. The van der Waals surface area contributed by atoms with Crippen LogP contribution in [-0.4, -0.2) is 29.7 Å². The Morgan fingerprint density at radius 3 is 2.43 bits per heavy atom. The van der Waals surface area contributed by atoms with Crippen molar-refractivity contribution in [3.63, 3.8) is 0 Å². The highest BCUT2D eigenvalue weighted by Crippen LogP contribution is 2.22. The molecule has 0 aromatic heterocycles. The van der Waals surface area contributed by atoms with E-state index in [0.717, 1.165) is 5.56 Å². The number of carbonyl (C=O) groups is 1. The first-order chi connectivity index (χ1) is 9.36. The number of hydrogen-bond donors (Lipinski definition) is 3. The van der Waals surface area contributed by atoms with Gasteiger partial charge in [0.2, 0.25) is 5.91 Å². The number of carbonyl (C=O) groups excluding carboxylic acids is 1. The van der Waals surface area contributed by atoms with Crippen LogP contribution in [-0.2, 0) is 16.8 Å². The predicted molar refractivity (Wildman–Crippen MR) is 86.7 cm³/mol.